The Kier molecular flexibility index (Phi) is 7.61. The molecule has 0 amide bonds. The van der Waals surface area contributed by atoms with E-state index in [0.29, 0.717) is 23.5 Å². The van der Waals surface area contributed by atoms with Crippen molar-refractivity contribution in [2.75, 3.05) is 39.0 Å². The summed E-state index contributed by atoms with van der Waals surface area (Å²) >= 11 is 1.74. The van der Waals surface area contributed by atoms with E-state index in [2.05, 4.69) is 61.0 Å². The molecule has 1 fully saturated rings. The summed E-state index contributed by atoms with van der Waals surface area (Å²) in [4.78, 5) is 18.5. The molecular formula is C22H32N6OS2. The average Bonchev–Trinajstić information content (AvgIpc) is 3.13. The number of hydrogen-bond acceptors (Lipinski definition) is 6. The average molecular weight is 461 g/mol. The van der Waals surface area contributed by atoms with E-state index in [1.165, 1.54) is 10.3 Å². The van der Waals surface area contributed by atoms with Crippen LogP contribution in [-0.4, -0.2) is 70.6 Å². The number of benzene rings is 1. The van der Waals surface area contributed by atoms with E-state index in [9.17, 15) is 4.21 Å². The Balaban J connectivity index is 1.67. The summed E-state index contributed by atoms with van der Waals surface area (Å²) in [7, 11) is -2.37. The number of thiazole rings is 1. The van der Waals surface area contributed by atoms with Gasteiger partial charge < -0.3 is 4.90 Å². The summed E-state index contributed by atoms with van der Waals surface area (Å²) in [6.45, 7) is 15.6. The molecule has 9 heteroatoms. The van der Waals surface area contributed by atoms with Crippen molar-refractivity contribution in [2.45, 2.75) is 33.7 Å². The van der Waals surface area contributed by atoms with Gasteiger partial charge in [-0.3, -0.25) is 4.90 Å². The molecule has 2 unspecified atom stereocenters. The van der Waals surface area contributed by atoms with Gasteiger partial charge in [-0.1, -0.05) is 6.07 Å². The molecule has 0 N–H and O–H groups in total. The van der Waals surface area contributed by atoms with Crippen LogP contribution < -0.4 is 0 Å². The van der Waals surface area contributed by atoms with Crippen molar-refractivity contribution in [2.24, 2.45) is 14.3 Å². The maximum absolute atomic E-state index is 12.5. The fourth-order valence-electron chi connectivity index (χ4n) is 3.66. The Labute approximate surface area is 189 Å². The monoisotopic (exact) mass is 460 g/mol. The summed E-state index contributed by atoms with van der Waals surface area (Å²) in [5.41, 5.74) is 2.37. The molecule has 1 aliphatic heterocycles. The molecule has 0 bridgehead atoms. The largest absolute Gasteiger partial charge is 0.338 e. The second kappa shape index (κ2) is 10.0. The first kappa shape index (κ1) is 23.6. The summed E-state index contributed by atoms with van der Waals surface area (Å²) < 4.78 is 17.9. The Hall–Kier alpha value is -2.10. The number of guanidine groups is 1. The van der Waals surface area contributed by atoms with Crippen LogP contribution >= 0.6 is 11.3 Å². The number of rotatable bonds is 5. The van der Waals surface area contributed by atoms with Crippen LogP contribution in [0, 0.1) is 6.92 Å². The lowest BCUT2D eigenvalue weighted by Crippen LogP contribution is -2.48. The maximum Gasteiger partial charge on any atom is 0.224 e. The normalized spacial score (nSPS) is 19.3. The third-order valence-electron chi connectivity index (χ3n) is 5.62. The number of aryl methyl sites for hydroxylation is 1. The minimum atomic E-state index is -2.37. The van der Waals surface area contributed by atoms with E-state index >= 15 is 0 Å². The van der Waals surface area contributed by atoms with Crippen molar-refractivity contribution >= 4 is 44.0 Å². The summed E-state index contributed by atoms with van der Waals surface area (Å²) in [6.07, 6.45) is 3.26. The van der Waals surface area contributed by atoms with Crippen molar-refractivity contribution in [1.82, 2.24) is 14.8 Å². The molecule has 7 nitrogen and oxygen atoms in total. The van der Waals surface area contributed by atoms with Gasteiger partial charge in [-0.15, -0.1) is 11.3 Å². The molecule has 3 rings (SSSR count). The zero-order valence-electron chi connectivity index (χ0n) is 19.0. The van der Waals surface area contributed by atoms with E-state index < -0.39 is 9.73 Å². The number of hydrogen-bond donors (Lipinski definition) is 0. The van der Waals surface area contributed by atoms with E-state index in [0.717, 1.165) is 36.7 Å². The molecule has 2 atom stereocenters. The maximum atomic E-state index is 12.5. The summed E-state index contributed by atoms with van der Waals surface area (Å²) in [5, 5.41) is 1.10. The van der Waals surface area contributed by atoms with E-state index in [1.807, 2.05) is 13.8 Å². The fourth-order valence-corrected chi connectivity index (χ4v) is 5.41. The first-order chi connectivity index (χ1) is 14.7. The first-order valence-corrected chi connectivity index (χ1v) is 13.2. The second-order valence-corrected chi connectivity index (χ2v) is 11.5. The van der Waals surface area contributed by atoms with Crippen LogP contribution in [0.1, 0.15) is 37.4 Å². The van der Waals surface area contributed by atoms with Crippen LogP contribution in [0.4, 0.5) is 0 Å². The Morgan fingerprint density at radius 2 is 2.06 bits per heavy atom. The number of aromatic nitrogens is 1. The van der Waals surface area contributed by atoms with Crippen LogP contribution in [0.25, 0.3) is 10.2 Å². The number of aliphatic imine (C=N–C) groups is 2. The van der Waals surface area contributed by atoms with Crippen molar-refractivity contribution in [1.29, 1.82) is 0 Å². The highest BCUT2D eigenvalue weighted by Gasteiger charge is 2.24. The van der Waals surface area contributed by atoms with Gasteiger partial charge >= 0.3 is 0 Å². The molecule has 2 heterocycles. The van der Waals surface area contributed by atoms with E-state index in [1.54, 1.807) is 30.7 Å². The summed E-state index contributed by atoms with van der Waals surface area (Å²) in [6, 6.07) is 6.92. The molecule has 0 spiro atoms. The van der Waals surface area contributed by atoms with Gasteiger partial charge in [-0.25, -0.2) is 23.5 Å². The van der Waals surface area contributed by atoms with Crippen LogP contribution in [0.15, 0.2) is 43.7 Å². The zero-order valence-corrected chi connectivity index (χ0v) is 20.7. The molecule has 1 aromatic carbocycles. The quantitative estimate of drug-likeness (QED) is 0.492. The van der Waals surface area contributed by atoms with Crippen molar-refractivity contribution in [3.63, 3.8) is 0 Å². The predicted octanol–water partition coefficient (Wildman–Crippen LogP) is 4.32. The van der Waals surface area contributed by atoms with Crippen molar-refractivity contribution in [3.05, 3.63) is 39.9 Å². The third kappa shape index (κ3) is 5.58. The number of fused-ring (bicyclic) bond motifs is 1. The fraction of sp³-hybridized carbons (Fsp3) is 0.500. The smallest absolute Gasteiger partial charge is 0.224 e. The number of allylic oxidation sites excluding steroid dienone is 1. The molecule has 0 saturated carbocycles. The lowest BCUT2D eigenvalue weighted by atomic mass is 10.1. The van der Waals surface area contributed by atoms with Gasteiger partial charge in [0.1, 0.15) is 0 Å². The molecule has 31 heavy (non-hydrogen) atoms. The van der Waals surface area contributed by atoms with Gasteiger partial charge in [-0.05, 0) is 52.1 Å². The lowest BCUT2D eigenvalue weighted by Gasteiger charge is -2.38. The van der Waals surface area contributed by atoms with Gasteiger partial charge in [0.25, 0.3) is 0 Å². The molecule has 168 valence electrons. The van der Waals surface area contributed by atoms with E-state index in [-0.39, 0.29) is 0 Å². The number of nitrogens with zero attached hydrogens (tertiary/aromatic N) is 6. The topological polar surface area (TPSA) is 73.5 Å². The standard InChI is InChI=1S/C22H32N6OS2/c1-7-25-31(6,29)16(2)15-24-22(23-5)28-12-10-27(11-13-28)17(3)19-8-9-21-20(14-19)26-18(4)30-21/h8-9,14-15,17H,5,7,10-13H2,1-4,6H3/b16-15+,24-22?. The zero-order chi connectivity index (χ0) is 22.6. The second-order valence-electron chi connectivity index (χ2n) is 7.73. The third-order valence-corrected chi connectivity index (χ3v) is 8.62. The van der Waals surface area contributed by atoms with Crippen LogP contribution in [0.5, 0.6) is 0 Å². The first-order valence-electron chi connectivity index (χ1n) is 10.5. The highest BCUT2D eigenvalue weighted by Crippen LogP contribution is 2.28. The molecule has 1 saturated heterocycles. The lowest BCUT2D eigenvalue weighted by molar-refractivity contribution is 0.140. The molecule has 1 aliphatic rings. The van der Waals surface area contributed by atoms with Crippen LogP contribution in [-0.2, 0) is 9.73 Å². The van der Waals surface area contributed by atoms with Gasteiger partial charge in [0.05, 0.1) is 25.0 Å². The predicted molar refractivity (Wildman–Crippen MR) is 134 cm³/mol. The Bertz CT molecular complexity index is 1120. The van der Waals surface area contributed by atoms with Gasteiger partial charge in [-0.2, -0.15) is 0 Å². The molecule has 2 aromatic rings. The molecule has 0 radical (unpaired) electrons. The van der Waals surface area contributed by atoms with Crippen molar-refractivity contribution < 1.29 is 4.21 Å². The minimum absolute atomic E-state index is 0.313. The van der Waals surface area contributed by atoms with Gasteiger partial charge in [0, 0.05) is 56.1 Å². The molecule has 1 aromatic heterocycles. The van der Waals surface area contributed by atoms with Gasteiger partial charge in [0.15, 0.2) is 0 Å². The van der Waals surface area contributed by atoms with Gasteiger partial charge in [0.2, 0.25) is 5.96 Å². The molecule has 0 aliphatic carbocycles. The Morgan fingerprint density at radius 1 is 1.35 bits per heavy atom. The molecular weight excluding hydrogens is 428 g/mol. The Morgan fingerprint density at radius 3 is 2.71 bits per heavy atom. The van der Waals surface area contributed by atoms with Crippen LogP contribution in [0.2, 0.25) is 0 Å². The minimum Gasteiger partial charge on any atom is -0.338 e. The van der Waals surface area contributed by atoms with Crippen LogP contribution in [0.3, 0.4) is 0 Å². The summed E-state index contributed by atoms with van der Waals surface area (Å²) in [5.74, 6) is 0.567. The SMILES string of the molecule is C=NC(=N/C=C(\C)S(C)(=O)=NCC)N1CCN(C(C)c2ccc3sc(C)nc3c2)CC1. The highest BCUT2D eigenvalue weighted by molar-refractivity contribution is 7.96. The number of piperazine rings is 1. The highest BCUT2D eigenvalue weighted by atomic mass is 32.2. The van der Waals surface area contributed by atoms with Crippen molar-refractivity contribution in [3.8, 4) is 0 Å². The van der Waals surface area contributed by atoms with E-state index in [4.69, 9.17) is 0 Å².